The predicted octanol–water partition coefficient (Wildman–Crippen LogP) is 2.00. The van der Waals surface area contributed by atoms with E-state index in [1.807, 2.05) is 13.8 Å². The number of H-pyrrole nitrogens is 2. The summed E-state index contributed by atoms with van der Waals surface area (Å²) >= 11 is 0. The number of amides is 4. The average Bonchev–Trinajstić information content (AvgIpc) is 3.50. The molecule has 0 radical (unpaired) electrons. The highest BCUT2D eigenvalue weighted by molar-refractivity contribution is 5.90. The van der Waals surface area contributed by atoms with Gasteiger partial charge in [-0.3, -0.25) is 10.2 Å². The minimum atomic E-state index is -0.146. The van der Waals surface area contributed by atoms with E-state index in [9.17, 15) is 9.59 Å². The molecule has 0 unspecified atom stereocenters. The Morgan fingerprint density at radius 1 is 0.846 bits per heavy atom. The van der Waals surface area contributed by atoms with Gasteiger partial charge in [0, 0.05) is 12.1 Å². The molecule has 2 heterocycles. The molecular formula is C16H24N8O2. The van der Waals surface area contributed by atoms with Crippen molar-refractivity contribution in [1.82, 2.24) is 31.0 Å². The van der Waals surface area contributed by atoms with Crippen molar-refractivity contribution in [2.75, 3.05) is 10.6 Å². The Bertz CT molecular complexity index is 696. The lowest BCUT2D eigenvalue weighted by atomic mass is 10.4. The lowest BCUT2D eigenvalue weighted by Gasteiger charge is -2.04. The van der Waals surface area contributed by atoms with E-state index < -0.39 is 0 Å². The first-order valence-corrected chi connectivity index (χ1v) is 8.66. The van der Waals surface area contributed by atoms with E-state index in [0.717, 1.165) is 48.4 Å². The van der Waals surface area contributed by atoms with Gasteiger partial charge in [-0.25, -0.2) is 9.59 Å². The van der Waals surface area contributed by atoms with Crippen LogP contribution in [0.5, 0.6) is 0 Å². The van der Waals surface area contributed by atoms with E-state index in [4.69, 9.17) is 0 Å². The molecule has 2 aliphatic rings. The zero-order chi connectivity index (χ0) is 18.5. The highest BCUT2D eigenvalue weighted by Gasteiger charge is 2.24. The van der Waals surface area contributed by atoms with Gasteiger partial charge < -0.3 is 21.3 Å². The Morgan fingerprint density at radius 2 is 1.23 bits per heavy atom. The molecule has 0 aliphatic heterocycles. The second-order valence-corrected chi connectivity index (χ2v) is 6.56. The molecule has 4 rings (SSSR count). The third-order valence-corrected chi connectivity index (χ3v) is 3.98. The number of anilines is 2. The Balaban J connectivity index is 0.000000151. The van der Waals surface area contributed by atoms with E-state index >= 15 is 0 Å². The van der Waals surface area contributed by atoms with Gasteiger partial charge in [-0.05, 0) is 39.5 Å². The third-order valence-electron chi connectivity index (χ3n) is 3.98. The third kappa shape index (κ3) is 5.50. The van der Waals surface area contributed by atoms with Gasteiger partial charge >= 0.3 is 12.1 Å². The summed E-state index contributed by atoms with van der Waals surface area (Å²) in [6, 6.07) is 0.471. The quantitative estimate of drug-likeness (QED) is 0.496. The van der Waals surface area contributed by atoms with Gasteiger partial charge in [-0.15, -0.1) is 0 Å². The van der Waals surface area contributed by atoms with Crippen molar-refractivity contribution >= 4 is 23.4 Å². The number of aryl methyl sites for hydroxylation is 2. The normalized spacial score (nSPS) is 15.5. The summed E-state index contributed by atoms with van der Waals surface area (Å²) in [4.78, 5) is 22.5. The van der Waals surface area contributed by atoms with E-state index in [1.54, 1.807) is 12.4 Å². The van der Waals surface area contributed by atoms with Crippen LogP contribution in [0, 0.1) is 13.8 Å². The highest BCUT2D eigenvalue weighted by Crippen LogP contribution is 2.19. The molecule has 2 aromatic heterocycles. The summed E-state index contributed by atoms with van der Waals surface area (Å²) in [7, 11) is 0. The summed E-state index contributed by atoms with van der Waals surface area (Å²) in [6.07, 6.45) is 7.58. The molecule has 4 amide bonds. The van der Waals surface area contributed by atoms with Crippen molar-refractivity contribution in [2.45, 2.75) is 51.6 Å². The molecule has 0 spiro atoms. The van der Waals surface area contributed by atoms with Crippen LogP contribution in [0.4, 0.5) is 21.0 Å². The zero-order valence-corrected chi connectivity index (χ0v) is 14.8. The van der Waals surface area contributed by atoms with Crippen LogP contribution in [-0.4, -0.2) is 44.5 Å². The van der Waals surface area contributed by atoms with Gasteiger partial charge in [0.2, 0.25) is 0 Å². The summed E-state index contributed by atoms with van der Waals surface area (Å²) in [5.74, 6) is 0. The summed E-state index contributed by atoms with van der Waals surface area (Å²) in [5.41, 5.74) is 3.20. The SMILES string of the molecule is Cc1[nH]ncc1NC(=O)NC1CC1.Cc1[nH]ncc1NC(=O)NC1CC1. The number of nitrogens with zero attached hydrogens (tertiary/aromatic N) is 2. The number of rotatable bonds is 4. The summed E-state index contributed by atoms with van der Waals surface area (Å²) in [5, 5.41) is 24.2. The van der Waals surface area contributed by atoms with Crippen molar-refractivity contribution in [3.05, 3.63) is 23.8 Å². The van der Waals surface area contributed by atoms with E-state index in [1.165, 1.54) is 0 Å². The second-order valence-electron chi connectivity index (χ2n) is 6.56. The molecule has 2 saturated carbocycles. The first kappa shape index (κ1) is 17.8. The first-order chi connectivity index (χ1) is 12.5. The van der Waals surface area contributed by atoms with Crippen LogP contribution < -0.4 is 21.3 Å². The van der Waals surface area contributed by atoms with Crippen LogP contribution in [0.25, 0.3) is 0 Å². The van der Waals surface area contributed by atoms with Crippen molar-refractivity contribution < 1.29 is 9.59 Å². The fraction of sp³-hybridized carbons (Fsp3) is 0.500. The number of carbonyl (C=O) groups excluding carboxylic acids is 2. The molecule has 0 saturated heterocycles. The minimum absolute atomic E-state index is 0.146. The molecule has 140 valence electrons. The smallest absolute Gasteiger partial charge is 0.319 e. The first-order valence-electron chi connectivity index (χ1n) is 8.66. The Hall–Kier alpha value is -3.04. The minimum Gasteiger partial charge on any atom is -0.335 e. The maximum Gasteiger partial charge on any atom is 0.319 e. The van der Waals surface area contributed by atoms with Crippen LogP contribution in [0.2, 0.25) is 0 Å². The average molecular weight is 360 g/mol. The predicted molar refractivity (Wildman–Crippen MR) is 97.0 cm³/mol. The van der Waals surface area contributed by atoms with Crippen molar-refractivity contribution in [2.24, 2.45) is 0 Å². The van der Waals surface area contributed by atoms with E-state index in [-0.39, 0.29) is 12.1 Å². The monoisotopic (exact) mass is 360 g/mol. The van der Waals surface area contributed by atoms with E-state index in [0.29, 0.717) is 12.1 Å². The molecule has 2 aromatic rings. The Labute approximate surface area is 150 Å². The van der Waals surface area contributed by atoms with Gasteiger partial charge in [0.15, 0.2) is 0 Å². The van der Waals surface area contributed by atoms with Gasteiger partial charge in [-0.2, -0.15) is 10.2 Å². The summed E-state index contributed by atoms with van der Waals surface area (Å²) < 4.78 is 0. The van der Waals surface area contributed by atoms with Crippen LogP contribution >= 0.6 is 0 Å². The van der Waals surface area contributed by atoms with Gasteiger partial charge in [0.1, 0.15) is 0 Å². The van der Waals surface area contributed by atoms with Gasteiger partial charge in [0.25, 0.3) is 0 Å². The van der Waals surface area contributed by atoms with E-state index in [2.05, 4.69) is 41.7 Å². The number of hydrogen-bond donors (Lipinski definition) is 6. The fourth-order valence-electron chi connectivity index (χ4n) is 2.10. The molecule has 26 heavy (non-hydrogen) atoms. The Morgan fingerprint density at radius 3 is 1.50 bits per heavy atom. The maximum absolute atomic E-state index is 11.2. The largest absolute Gasteiger partial charge is 0.335 e. The number of aromatic nitrogens is 4. The Kier molecular flexibility index (Phi) is 5.40. The van der Waals surface area contributed by atoms with Crippen LogP contribution in [-0.2, 0) is 0 Å². The van der Waals surface area contributed by atoms with Crippen LogP contribution in [0.15, 0.2) is 12.4 Å². The lowest BCUT2D eigenvalue weighted by molar-refractivity contribution is 0.251. The number of hydrogen-bond acceptors (Lipinski definition) is 4. The molecule has 10 heteroatoms. The second kappa shape index (κ2) is 7.89. The van der Waals surface area contributed by atoms with Gasteiger partial charge in [-0.1, -0.05) is 0 Å². The van der Waals surface area contributed by atoms with Crippen molar-refractivity contribution in [3.63, 3.8) is 0 Å². The van der Waals surface area contributed by atoms with Crippen molar-refractivity contribution in [3.8, 4) is 0 Å². The fourth-order valence-corrected chi connectivity index (χ4v) is 2.10. The summed E-state index contributed by atoms with van der Waals surface area (Å²) in [6.45, 7) is 3.72. The number of aromatic amines is 2. The van der Waals surface area contributed by atoms with Crippen molar-refractivity contribution in [1.29, 1.82) is 0 Å². The topological polar surface area (TPSA) is 140 Å². The standard InChI is InChI=1S/2C8H12N4O/c2*1-5-7(4-9-12-5)11-8(13)10-6-2-3-6/h2*4,6H,2-3H2,1H3,(H,9,12)(H2,10,11,13). The molecule has 10 nitrogen and oxygen atoms in total. The highest BCUT2D eigenvalue weighted by atomic mass is 16.2. The number of carbonyl (C=O) groups is 2. The zero-order valence-electron chi connectivity index (χ0n) is 14.8. The maximum atomic E-state index is 11.2. The number of nitrogens with one attached hydrogen (secondary N) is 6. The number of urea groups is 2. The molecule has 0 atom stereocenters. The molecular weight excluding hydrogens is 336 g/mol. The van der Waals surface area contributed by atoms with Crippen LogP contribution in [0.3, 0.4) is 0 Å². The van der Waals surface area contributed by atoms with Gasteiger partial charge in [0.05, 0.1) is 35.2 Å². The van der Waals surface area contributed by atoms with Crippen LogP contribution in [0.1, 0.15) is 37.1 Å². The molecule has 2 fully saturated rings. The molecule has 2 aliphatic carbocycles. The lowest BCUT2D eigenvalue weighted by Crippen LogP contribution is -2.30. The molecule has 6 N–H and O–H groups in total. The molecule has 0 bridgehead atoms. The molecule has 0 aromatic carbocycles.